The zero-order valence-corrected chi connectivity index (χ0v) is 14.8. The van der Waals surface area contributed by atoms with E-state index in [0.717, 1.165) is 6.07 Å². The summed E-state index contributed by atoms with van der Waals surface area (Å²) in [6.45, 7) is 0.129. The van der Waals surface area contributed by atoms with Crippen molar-refractivity contribution in [2.75, 3.05) is 0 Å². The van der Waals surface area contributed by atoms with Gasteiger partial charge >= 0.3 is 11.9 Å². The van der Waals surface area contributed by atoms with Gasteiger partial charge in [-0.2, -0.15) is 13.2 Å². The average molecular weight is 411 g/mol. The van der Waals surface area contributed by atoms with E-state index in [-0.39, 0.29) is 56.0 Å². The number of alkyl halides is 5. The lowest BCUT2D eigenvalue weighted by Crippen LogP contribution is -2.29. The largest absolute Gasteiger partial charge is 0.441 e. The molecule has 0 saturated heterocycles. The van der Waals surface area contributed by atoms with Gasteiger partial charge in [0, 0.05) is 25.8 Å². The van der Waals surface area contributed by atoms with Crippen molar-refractivity contribution >= 4 is 11.6 Å². The average Bonchev–Trinajstić information content (AvgIpc) is 2.90. The van der Waals surface area contributed by atoms with E-state index in [2.05, 4.69) is 9.68 Å². The second-order valence-corrected chi connectivity index (χ2v) is 7.11. The first kappa shape index (κ1) is 19.9. The van der Waals surface area contributed by atoms with Crippen molar-refractivity contribution in [3.63, 3.8) is 0 Å². The molecule has 3 rings (SSSR count). The highest BCUT2D eigenvalue weighted by molar-refractivity contribution is 6.32. The second-order valence-electron chi connectivity index (χ2n) is 6.73. The van der Waals surface area contributed by atoms with E-state index >= 15 is 0 Å². The summed E-state index contributed by atoms with van der Waals surface area (Å²) in [5.41, 5.74) is -0.836. The van der Waals surface area contributed by atoms with Gasteiger partial charge in [0.05, 0.1) is 10.6 Å². The first-order valence-electron chi connectivity index (χ1n) is 8.34. The number of aromatic nitrogens is 2. The monoisotopic (exact) mass is 410 g/mol. The molecule has 27 heavy (non-hydrogen) atoms. The van der Waals surface area contributed by atoms with E-state index in [1.165, 1.54) is 16.7 Å². The molecule has 1 fully saturated rings. The van der Waals surface area contributed by atoms with Gasteiger partial charge in [-0.1, -0.05) is 28.9 Å². The Morgan fingerprint density at radius 1 is 1.26 bits per heavy atom. The molecule has 2 aromatic rings. The van der Waals surface area contributed by atoms with Gasteiger partial charge in [0.2, 0.25) is 5.92 Å². The molecule has 1 saturated carbocycles. The SMILES string of the molecule is O=c1onc(Cc2cccc(C(F)(F)F)c2Cl)n1CC1CCC(F)(F)CC1. The van der Waals surface area contributed by atoms with Gasteiger partial charge in [0.1, 0.15) is 0 Å². The van der Waals surface area contributed by atoms with Crippen LogP contribution < -0.4 is 5.76 Å². The third-order valence-electron chi connectivity index (χ3n) is 4.77. The number of halogens is 6. The highest BCUT2D eigenvalue weighted by Gasteiger charge is 2.36. The minimum absolute atomic E-state index is 0.110. The Morgan fingerprint density at radius 3 is 2.56 bits per heavy atom. The highest BCUT2D eigenvalue weighted by Crippen LogP contribution is 2.38. The lowest BCUT2D eigenvalue weighted by molar-refractivity contribution is -0.137. The summed E-state index contributed by atoms with van der Waals surface area (Å²) in [6, 6.07) is 3.49. The highest BCUT2D eigenvalue weighted by atomic mass is 35.5. The lowest BCUT2D eigenvalue weighted by atomic mass is 9.86. The molecular formula is C17H16ClF5N2O2. The zero-order chi connectivity index (χ0) is 19.8. The molecule has 148 valence electrons. The summed E-state index contributed by atoms with van der Waals surface area (Å²) >= 11 is 5.88. The molecule has 1 aromatic carbocycles. The van der Waals surface area contributed by atoms with E-state index in [1.54, 1.807) is 0 Å². The van der Waals surface area contributed by atoms with Crippen LogP contribution in [0.25, 0.3) is 0 Å². The van der Waals surface area contributed by atoms with E-state index in [1.807, 2.05) is 0 Å². The van der Waals surface area contributed by atoms with Crippen molar-refractivity contribution in [2.24, 2.45) is 5.92 Å². The fourth-order valence-electron chi connectivity index (χ4n) is 3.25. The number of nitrogens with zero attached hydrogens (tertiary/aromatic N) is 2. The van der Waals surface area contributed by atoms with Gasteiger partial charge in [0.15, 0.2) is 5.82 Å². The molecule has 4 nitrogen and oxygen atoms in total. The van der Waals surface area contributed by atoms with E-state index in [0.29, 0.717) is 0 Å². The Balaban J connectivity index is 1.81. The third-order valence-corrected chi connectivity index (χ3v) is 5.22. The van der Waals surface area contributed by atoms with Crippen LogP contribution in [0, 0.1) is 5.92 Å². The lowest BCUT2D eigenvalue weighted by Gasteiger charge is -2.28. The quantitative estimate of drug-likeness (QED) is 0.672. The smallest absolute Gasteiger partial charge is 0.296 e. The maximum absolute atomic E-state index is 13.3. The molecule has 1 aliphatic carbocycles. The van der Waals surface area contributed by atoms with Crippen LogP contribution in [0.3, 0.4) is 0 Å². The van der Waals surface area contributed by atoms with Crippen LogP contribution in [0.4, 0.5) is 22.0 Å². The van der Waals surface area contributed by atoms with Crippen LogP contribution >= 0.6 is 11.6 Å². The van der Waals surface area contributed by atoms with Gasteiger partial charge in [-0.05, 0) is 30.4 Å². The number of rotatable bonds is 4. The fraction of sp³-hybridized carbons (Fsp3) is 0.529. The van der Waals surface area contributed by atoms with Gasteiger partial charge in [-0.3, -0.25) is 9.09 Å². The molecular weight excluding hydrogens is 395 g/mol. The third kappa shape index (κ3) is 4.51. The van der Waals surface area contributed by atoms with Gasteiger partial charge in [-0.25, -0.2) is 13.6 Å². The molecule has 0 aliphatic heterocycles. The Labute approximate surface area is 155 Å². The number of benzene rings is 1. The Morgan fingerprint density at radius 2 is 1.93 bits per heavy atom. The van der Waals surface area contributed by atoms with Gasteiger partial charge < -0.3 is 0 Å². The van der Waals surface area contributed by atoms with Crippen LogP contribution in [-0.2, 0) is 19.1 Å². The van der Waals surface area contributed by atoms with E-state index in [4.69, 9.17) is 11.6 Å². The molecule has 0 atom stereocenters. The van der Waals surface area contributed by atoms with E-state index in [9.17, 15) is 26.7 Å². The summed E-state index contributed by atoms with van der Waals surface area (Å²) in [5.74, 6) is -3.51. The Hall–Kier alpha value is -1.90. The summed E-state index contributed by atoms with van der Waals surface area (Å²) in [7, 11) is 0. The van der Waals surface area contributed by atoms with Crippen LogP contribution in [0.15, 0.2) is 27.5 Å². The van der Waals surface area contributed by atoms with Crippen molar-refractivity contribution in [1.29, 1.82) is 0 Å². The van der Waals surface area contributed by atoms with Crippen LogP contribution in [0.1, 0.15) is 42.6 Å². The van der Waals surface area contributed by atoms with Crippen molar-refractivity contribution in [3.8, 4) is 0 Å². The first-order valence-corrected chi connectivity index (χ1v) is 8.72. The Kier molecular flexibility index (Phi) is 5.33. The number of hydrogen-bond acceptors (Lipinski definition) is 3. The summed E-state index contributed by atoms with van der Waals surface area (Å²) in [6.07, 6.45) is -4.77. The van der Waals surface area contributed by atoms with Gasteiger partial charge in [-0.15, -0.1) is 0 Å². The topological polar surface area (TPSA) is 48.0 Å². The van der Waals surface area contributed by atoms with Crippen LogP contribution in [-0.4, -0.2) is 15.6 Å². The summed E-state index contributed by atoms with van der Waals surface area (Å²) in [5, 5.41) is 3.16. The molecule has 0 unspecified atom stereocenters. The van der Waals surface area contributed by atoms with E-state index < -0.39 is 28.4 Å². The van der Waals surface area contributed by atoms with Crippen LogP contribution in [0.2, 0.25) is 5.02 Å². The summed E-state index contributed by atoms with van der Waals surface area (Å²) in [4.78, 5) is 11.9. The number of hydrogen-bond donors (Lipinski definition) is 0. The van der Waals surface area contributed by atoms with Crippen molar-refractivity contribution in [2.45, 2.75) is 50.7 Å². The van der Waals surface area contributed by atoms with Crippen LogP contribution in [0.5, 0.6) is 0 Å². The first-order chi connectivity index (χ1) is 12.6. The minimum atomic E-state index is -4.61. The zero-order valence-electron chi connectivity index (χ0n) is 14.0. The molecule has 1 aromatic heterocycles. The molecule has 0 amide bonds. The molecule has 1 aliphatic rings. The fourth-order valence-corrected chi connectivity index (χ4v) is 3.55. The normalized spacial score (nSPS) is 18.0. The predicted molar refractivity (Wildman–Crippen MR) is 86.9 cm³/mol. The molecule has 10 heteroatoms. The molecule has 0 N–H and O–H groups in total. The van der Waals surface area contributed by atoms with Crippen molar-refractivity contribution < 1.29 is 26.5 Å². The minimum Gasteiger partial charge on any atom is -0.296 e. The predicted octanol–water partition coefficient (Wildman–Crippen LogP) is 4.92. The molecule has 1 heterocycles. The van der Waals surface area contributed by atoms with Gasteiger partial charge in [0.25, 0.3) is 0 Å². The molecule has 0 bridgehead atoms. The standard InChI is InChI=1S/C17H16ClF5N2O2/c18-14-11(2-1-3-12(14)17(21,22)23)8-13-24-27-15(26)25(13)9-10-4-6-16(19,20)7-5-10/h1-3,10H,4-9H2. The van der Waals surface area contributed by atoms with Crippen molar-refractivity contribution in [1.82, 2.24) is 9.72 Å². The summed E-state index contributed by atoms with van der Waals surface area (Å²) < 4.78 is 71.3. The second kappa shape index (κ2) is 7.26. The molecule has 0 radical (unpaired) electrons. The maximum atomic E-state index is 13.3. The van der Waals surface area contributed by atoms with Crippen molar-refractivity contribution in [3.05, 3.63) is 50.7 Å². The Bertz CT molecular complexity index is 865. The maximum Gasteiger partial charge on any atom is 0.441 e. The molecule has 0 spiro atoms.